The maximum Gasteiger partial charge on any atom is 0.144 e. The fourth-order valence-electron chi connectivity index (χ4n) is 3.12. The summed E-state index contributed by atoms with van der Waals surface area (Å²) in [6.45, 7) is 4.45. The van der Waals surface area contributed by atoms with Crippen molar-refractivity contribution in [1.29, 1.82) is 0 Å². The molecule has 0 aliphatic heterocycles. The molecular formula is C21H19NO. The predicted octanol–water partition coefficient (Wildman–Crippen LogP) is 5.85. The topological polar surface area (TPSA) is 26.0 Å². The molecule has 2 nitrogen and oxygen atoms in total. The first-order chi connectivity index (χ1) is 11.2. The van der Waals surface area contributed by atoms with Gasteiger partial charge in [-0.25, -0.2) is 0 Å². The molecule has 0 saturated carbocycles. The zero-order valence-corrected chi connectivity index (χ0v) is 13.4. The first kappa shape index (κ1) is 14.0. The molecule has 0 spiro atoms. The minimum Gasteiger partial charge on any atom is -0.455 e. The third-order valence-corrected chi connectivity index (χ3v) is 4.15. The Hall–Kier alpha value is -2.61. The highest BCUT2D eigenvalue weighted by Crippen LogP contribution is 2.34. The number of rotatable bonds is 3. The van der Waals surface area contributed by atoms with Crippen molar-refractivity contribution in [3.05, 3.63) is 66.4 Å². The van der Waals surface area contributed by atoms with Crippen molar-refractivity contribution in [3.63, 3.8) is 0 Å². The number of hydrogen-bond donors (Lipinski definition) is 0. The number of pyridine rings is 1. The summed E-state index contributed by atoms with van der Waals surface area (Å²) in [7, 11) is 0. The van der Waals surface area contributed by atoms with Crippen LogP contribution >= 0.6 is 0 Å². The summed E-state index contributed by atoms with van der Waals surface area (Å²) in [6.07, 6.45) is 3.04. The van der Waals surface area contributed by atoms with Gasteiger partial charge in [0.1, 0.15) is 11.2 Å². The van der Waals surface area contributed by atoms with E-state index in [1.807, 2.05) is 24.4 Å². The lowest BCUT2D eigenvalue weighted by atomic mass is 10.0. The molecule has 0 unspecified atom stereocenters. The second-order valence-electron chi connectivity index (χ2n) is 6.43. The molecule has 0 atom stereocenters. The van der Waals surface area contributed by atoms with Crippen LogP contribution in [0.15, 0.2) is 65.2 Å². The van der Waals surface area contributed by atoms with Gasteiger partial charge < -0.3 is 4.42 Å². The first-order valence-electron chi connectivity index (χ1n) is 8.08. The second-order valence-corrected chi connectivity index (χ2v) is 6.43. The van der Waals surface area contributed by atoms with Gasteiger partial charge in [-0.15, -0.1) is 0 Å². The molecule has 0 bridgehead atoms. The van der Waals surface area contributed by atoms with Crippen molar-refractivity contribution < 1.29 is 4.42 Å². The number of furan rings is 1. The van der Waals surface area contributed by atoms with Crippen LogP contribution in [0, 0.1) is 5.92 Å². The van der Waals surface area contributed by atoms with Gasteiger partial charge in [0.25, 0.3) is 0 Å². The SMILES string of the molecule is CC(C)Cc1ccc(-c2cccc3c2oc2ccccc23)nc1. The average Bonchev–Trinajstić information content (AvgIpc) is 2.94. The quantitative estimate of drug-likeness (QED) is 0.474. The van der Waals surface area contributed by atoms with E-state index < -0.39 is 0 Å². The number of aromatic nitrogens is 1. The molecule has 0 fully saturated rings. The predicted molar refractivity (Wildman–Crippen MR) is 95.5 cm³/mol. The standard InChI is InChI=1S/C21H19NO/c1-14(2)12-15-10-11-19(22-13-15)18-8-5-7-17-16-6-3-4-9-20(16)23-21(17)18/h3-11,13-14H,12H2,1-2H3. The van der Waals surface area contributed by atoms with E-state index in [1.165, 1.54) is 5.56 Å². The van der Waals surface area contributed by atoms with Crippen LogP contribution in [0.2, 0.25) is 0 Å². The maximum absolute atomic E-state index is 6.09. The van der Waals surface area contributed by atoms with Gasteiger partial charge in [-0.2, -0.15) is 0 Å². The lowest BCUT2D eigenvalue weighted by molar-refractivity contribution is 0.645. The van der Waals surface area contributed by atoms with Crippen molar-refractivity contribution in [1.82, 2.24) is 4.98 Å². The van der Waals surface area contributed by atoms with Gasteiger partial charge in [-0.3, -0.25) is 4.98 Å². The van der Waals surface area contributed by atoms with E-state index in [-0.39, 0.29) is 0 Å². The summed E-state index contributed by atoms with van der Waals surface area (Å²) >= 11 is 0. The van der Waals surface area contributed by atoms with Gasteiger partial charge in [0.2, 0.25) is 0 Å². The van der Waals surface area contributed by atoms with Crippen molar-refractivity contribution in [2.45, 2.75) is 20.3 Å². The van der Waals surface area contributed by atoms with E-state index in [9.17, 15) is 0 Å². The number of benzene rings is 2. The Labute approximate surface area is 135 Å². The monoisotopic (exact) mass is 301 g/mol. The maximum atomic E-state index is 6.09. The molecule has 0 amide bonds. The fourth-order valence-corrected chi connectivity index (χ4v) is 3.12. The zero-order chi connectivity index (χ0) is 15.8. The van der Waals surface area contributed by atoms with E-state index in [0.717, 1.165) is 39.6 Å². The zero-order valence-electron chi connectivity index (χ0n) is 13.4. The Morgan fingerprint density at radius 1 is 0.913 bits per heavy atom. The molecule has 2 aromatic carbocycles. The van der Waals surface area contributed by atoms with Gasteiger partial charge in [0, 0.05) is 22.5 Å². The van der Waals surface area contributed by atoms with Gasteiger partial charge in [0.05, 0.1) is 5.69 Å². The van der Waals surface area contributed by atoms with Crippen LogP contribution in [0.4, 0.5) is 0 Å². The summed E-state index contributed by atoms with van der Waals surface area (Å²) in [4.78, 5) is 4.66. The summed E-state index contributed by atoms with van der Waals surface area (Å²) < 4.78 is 6.09. The van der Waals surface area contributed by atoms with Crippen LogP contribution < -0.4 is 0 Å². The van der Waals surface area contributed by atoms with Crippen molar-refractivity contribution in [3.8, 4) is 11.3 Å². The molecule has 0 N–H and O–H groups in total. The van der Waals surface area contributed by atoms with Crippen LogP contribution in [0.25, 0.3) is 33.2 Å². The molecule has 23 heavy (non-hydrogen) atoms. The molecule has 0 aliphatic rings. The van der Waals surface area contributed by atoms with E-state index in [2.05, 4.69) is 55.2 Å². The van der Waals surface area contributed by atoms with Crippen LogP contribution in [-0.2, 0) is 6.42 Å². The van der Waals surface area contributed by atoms with Crippen LogP contribution in [0.1, 0.15) is 19.4 Å². The highest BCUT2D eigenvalue weighted by Gasteiger charge is 2.12. The molecule has 114 valence electrons. The molecular weight excluding hydrogens is 282 g/mol. The molecule has 2 heterocycles. The smallest absolute Gasteiger partial charge is 0.144 e. The average molecular weight is 301 g/mol. The van der Waals surface area contributed by atoms with Crippen molar-refractivity contribution >= 4 is 21.9 Å². The van der Waals surface area contributed by atoms with Gasteiger partial charge in [-0.05, 0) is 36.1 Å². The van der Waals surface area contributed by atoms with Crippen LogP contribution in [0.3, 0.4) is 0 Å². The lowest BCUT2D eigenvalue weighted by Gasteiger charge is -2.06. The highest BCUT2D eigenvalue weighted by molar-refractivity contribution is 6.09. The molecule has 4 aromatic rings. The fraction of sp³-hybridized carbons (Fsp3) is 0.190. The Morgan fingerprint density at radius 3 is 2.52 bits per heavy atom. The Bertz CT molecular complexity index is 964. The van der Waals surface area contributed by atoms with Gasteiger partial charge in [0.15, 0.2) is 0 Å². The third-order valence-electron chi connectivity index (χ3n) is 4.15. The normalized spacial score (nSPS) is 11.6. The van der Waals surface area contributed by atoms with Crippen LogP contribution in [-0.4, -0.2) is 4.98 Å². The van der Waals surface area contributed by atoms with E-state index in [0.29, 0.717) is 5.92 Å². The molecule has 2 aromatic heterocycles. The Morgan fingerprint density at radius 2 is 1.74 bits per heavy atom. The first-order valence-corrected chi connectivity index (χ1v) is 8.08. The summed E-state index contributed by atoms with van der Waals surface area (Å²) in [6, 6.07) is 18.7. The molecule has 0 aliphatic carbocycles. The highest BCUT2D eigenvalue weighted by atomic mass is 16.3. The lowest BCUT2D eigenvalue weighted by Crippen LogP contribution is -1.95. The number of fused-ring (bicyclic) bond motifs is 3. The number of hydrogen-bond acceptors (Lipinski definition) is 2. The van der Waals surface area contributed by atoms with E-state index in [4.69, 9.17) is 4.42 Å². The summed E-state index contributed by atoms with van der Waals surface area (Å²) in [5.74, 6) is 0.640. The third kappa shape index (κ3) is 2.50. The van der Waals surface area contributed by atoms with Gasteiger partial charge >= 0.3 is 0 Å². The molecule has 0 radical (unpaired) electrons. The number of nitrogens with zero attached hydrogens (tertiary/aromatic N) is 1. The Kier molecular flexibility index (Phi) is 3.38. The summed E-state index contributed by atoms with van der Waals surface area (Å²) in [5, 5.41) is 2.30. The van der Waals surface area contributed by atoms with E-state index in [1.54, 1.807) is 0 Å². The van der Waals surface area contributed by atoms with E-state index >= 15 is 0 Å². The number of para-hydroxylation sites is 2. The molecule has 0 saturated heterocycles. The van der Waals surface area contributed by atoms with Crippen molar-refractivity contribution in [2.24, 2.45) is 5.92 Å². The molecule has 4 rings (SSSR count). The largest absolute Gasteiger partial charge is 0.455 e. The summed E-state index contributed by atoms with van der Waals surface area (Å²) in [5.41, 5.74) is 5.13. The van der Waals surface area contributed by atoms with Crippen molar-refractivity contribution in [2.75, 3.05) is 0 Å². The van der Waals surface area contributed by atoms with Gasteiger partial charge in [-0.1, -0.05) is 50.2 Å². The minimum atomic E-state index is 0.640. The minimum absolute atomic E-state index is 0.640. The Balaban J connectivity index is 1.85. The molecule has 2 heteroatoms. The second kappa shape index (κ2) is 5.54. The van der Waals surface area contributed by atoms with Crippen LogP contribution in [0.5, 0.6) is 0 Å².